The first-order valence-corrected chi connectivity index (χ1v) is 6.97. The van der Waals surface area contributed by atoms with E-state index in [1.165, 1.54) is 29.4 Å². The molecule has 10 heteroatoms. The first kappa shape index (κ1) is 15.6. The van der Waals surface area contributed by atoms with Crippen molar-refractivity contribution >= 4 is 29.7 Å². The molecule has 0 spiro atoms. The molecule has 0 aliphatic carbocycles. The van der Waals surface area contributed by atoms with E-state index in [4.69, 9.17) is 21.9 Å². The number of benzene rings is 1. The largest absolute Gasteiger partial charge is 0.545 e. The second-order valence-corrected chi connectivity index (χ2v) is 5.02. The van der Waals surface area contributed by atoms with Gasteiger partial charge in [0.25, 0.3) is 5.95 Å². The van der Waals surface area contributed by atoms with Gasteiger partial charge in [0.15, 0.2) is 0 Å². The number of hydrogen-bond donors (Lipinski definition) is 2. The van der Waals surface area contributed by atoms with E-state index in [0.717, 1.165) is 0 Å². The Kier molecular flexibility index (Phi) is 4.17. The summed E-state index contributed by atoms with van der Waals surface area (Å²) in [6.07, 6.45) is 2.73. The summed E-state index contributed by atoms with van der Waals surface area (Å²) < 4.78 is 6.74. The summed E-state index contributed by atoms with van der Waals surface area (Å²) >= 11 is 5.81. The van der Waals surface area contributed by atoms with Crippen LogP contribution in [0.4, 0.5) is 5.95 Å². The number of nitrogens with two attached hydrogens (primary N) is 1. The van der Waals surface area contributed by atoms with Crippen molar-refractivity contribution in [2.75, 3.05) is 11.3 Å². The van der Waals surface area contributed by atoms with Crippen molar-refractivity contribution in [3.05, 3.63) is 53.0 Å². The predicted molar refractivity (Wildman–Crippen MR) is 84.9 cm³/mol. The number of hydrazone groups is 1. The Labute approximate surface area is 140 Å². The molecule has 9 nitrogen and oxygen atoms in total. The first-order valence-electron chi connectivity index (χ1n) is 6.60. The Bertz CT molecular complexity index is 917. The lowest BCUT2D eigenvalue weighted by Crippen LogP contribution is -2.22. The molecule has 2 aromatic heterocycles. The minimum Gasteiger partial charge on any atom is -0.545 e. The molecule has 2 heterocycles. The van der Waals surface area contributed by atoms with Gasteiger partial charge in [0.1, 0.15) is 17.8 Å². The van der Waals surface area contributed by atoms with Gasteiger partial charge in [-0.05, 0) is 30.3 Å². The molecule has 0 saturated heterocycles. The van der Waals surface area contributed by atoms with Crippen LogP contribution in [-0.4, -0.2) is 27.1 Å². The molecule has 0 radical (unpaired) electrons. The van der Waals surface area contributed by atoms with Crippen molar-refractivity contribution in [3.63, 3.8) is 0 Å². The Morgan fingerprint density at radius 2 is 2.25 bits per heavy atom. The van der Waals surface area contributed by atoms with Gasteiger partial charge in [-0.3, -0.25) is 0 Å². The third kappa shape index (κ3) is 3.20. The summed E-state index contributed by atoms with van der Waals surface area (Å²) in [4.78, 5) is 11.0. The van der Waals surface area contributed by atoms with Crippen molar-refractivity contribution in [2.45, 2.75) is 0 Å². The monoisotopic (exact) mass is 345 g/mol. The molecule has 24 heavy (non-hydrogen) atoms. The normalized spacial score (nSPS) is 11.0. The van der Waals surface area contributed by atoms with Crippen LogP contribution in [-0.2, 0) is 0 Å². The summed E-state index contributed by atoms with van der Waals surface area (Å²) in [5, 5.41) is 22.3. The number of furan rings is 1. The minimum atomic E-state index is -1.36. The van der Waals surface area contributed by atoms with E-state index < -0.39 is 5.97 Å². The van der Waals surface area contributed by atoms with Crippen LogP contribution >= 0.6 is 11.6 Å². The number of aromatic nitrogens is 3. The summed E-state index contributed by atoms with van der Waals surface area (Å²) in [5.74, 6) is 5.31. The van der Waals surface area contributed by atoms with Gasteiger partial charge < -0.3 is 20.2 Å². The number of carbonyl (C=O) groups excluding carboxylic acids is 1. The lowest BCUT2D eigenvalue weighted by atomic mass is 10.1. The first-order chi connectivity index (χ1) is 11.5. The van der Waals surface area contributed by atoms with Crippen molar-refractivity contribution in [2.24, 2.45) is 5.10 Å². The van der Waals surface area contributed by atoms with Crippen molar-refractivity contribution in [3.8, 4) is 11.3 Å². The van der Waals surface area contributed by atoms with E-state index in [1.807, 2.05) is 0 Å². The van der Waals surface area contributed by atoms with E-state index >= 15 is 0 Å². The summed E-state index contributed by atoms with van der Waals surface area (Å²) in [6.45, 7) is 0. The number of anilines is 1. The molecule has 3 aromatic rings. The van der Waals surface area contributed by atoms with Gasteiger partial charge in [-0.15, -0.1) is 10.2 Å². The van der Waals surface area contributed by atoms with Crippen LogP contribution < -0.4 is 16.4 Å². The Morgan fingerprint density at radius 1 is 1.42 bits per heavy atom. The maximum Gasteiger partial charge on any atom is 0.263 e. The predicted octanol–water partition coefficient (Wildman–Crippen LogP) is 0.715. The van der Waals surface area contributed by atoms with Gasteiger partial charge in [0.2, 0.25) is 0 Å². The molecule has 0 unspecified atom stereocenters. The molecule has 0 fully saturated rings. The zero-order chi connectivity index (χ0) is 17.1. The van der Waals surface area contributed by atoms with Gasteiger partial charge in [-0.25, -0.2) is 10.1 Å². The maximum atomic E-state index is 11.0. The number of rotatable bonds is 5. The molecule has 0 aliphatic heterocycles. The lowest BCUT2D eigenvalue weighted by Gasteiger charge is -2.06. The zero-order valence-corrected chi connectivity index (χ0v) is 12.8. The number of hydrogen-bond acceptors (Lipinski definition) is 8. The average Bonchev–Trinajstić information content (AvgIpc) is 3.17. The number of halogens is 1. The lowest BCUT2D eigenvalue weighted by molar-refractivity contribution is -0.255. The number of nitrogens with zero attached hydrogens (tertiary/aromatic N) is 4. The van der Waals surface area contributed by atoms with Crippen LogP contribution in [0.15, 0.2) is 46.2 Å². The van der Waals surface area contributed by atoms with E-state index in [9.17, 15) is 9.90 Å². The van der Waals surface area contributed by atoms with E-state index in [2.05, 4.69) is 20.7 Å². The summed E-state index contributed by atoms with van der Waals surface area (Å²) in [7, 11) is 0. The Morgan fingerprint density at radius 3 is 2.96 bits per heavy atom. The van der Waals surface area contributed by atoms with Gasteiger partial charge in [-0.1, -0.05) is 11.6 Å². The third-order valence-electron chi connectivity index (χ3n) is 3.03. The topological polar surface area (TPSA) is 134 Å². The number of aromatic carboxylic acids is 1. The molecular formula is C14H10ClN6O3-. The highest BCUT2D eigenvalue weighted by Crippen LogP contribution is 2.26. The number of carboxylic acids is 1. The van der Waals surface area contributed by atoms with Gasteiger partial charge in [0, 0.05) is 16.1 Å². The maximum absolute atomic E-state index is 11.0. The van der Waals surface area contributed by atoms with E-state index in [-0.39, 0.29) is 16.5 Å². The standard InChI is InChI=1S/C14H11ClN6O3/c15-11-3-1-8(5-10(11)13(22)23)12-4-2-9(24-12)6-17-19-14-20-18-7-21(14)16/h1-7H,16H2,(H,19,20)(H,22,23)/p-1/b17-6-. The minimum absolute atomic E-state index is 0.0992. The highest BCUT2D eigenvalue weighted by molar-refractivity contribution is 6.33. The second-order valence-electron chi connectivity index (χ2n) is 4.62. The molecule has 1 aromatic carbocycles. The fourth-order valence-corrected chi connectivity index (χ4v) is 2.08. The highest BCUT2D eigenvalue weighted by atomic mass is 35.5. The summed E-state index contributed by atoms with van der Waals surface area (Å²) in [6, 6.07) is 7.83. The highest BCUT2D eigenvalue weighted by Gasteiger charge is 2.08. The van der Waals surface area contributed by atoms with Crippen molar-refractivity contribution in [1.29, 1.82) is 0 Å². The van der Waals surface area contributed by atoms with Crippen molar-refractivity contribution < 1.29 is 14.3 Å². The van der Waals surface area contributed by atoms with Crippen molar-refractivity contribution in [1.82, 2.24) is 14.9 Å². The molecule has 0 atom stereocenters. The molecule has 0 aliphatic rings. The molecule has 122 valence electrons. The molecule has 0 saturated carbocycles. The summed E-state index contributed by atoms with van der Waals surface area (Å²) in [5.41, 5.74) is 3.03. The fraction of sp³-hybridized carbons (Fsp3) is 0. The van der Waals surface area contributed by atoms with Crippen LogP contribution in [0.1, 0.15) is 16.1 Å². The van der Waals surface area contributed by atoms with Crippen LogP contribution in [0.3, 0.4) is 0 Å². The van der Waals surface area contributed by atoms with Gasteiger partial charge >= 0.3 is 0 Å². The van der Waals surface area contributed by atoms with Gasteiger partial charge in [0.05, 0.1) is 12.2 Å². The molecule has 3 rings (SSSR count). The Hall–Kier alpha value is -3.33. The SMILES string of the molecule is Nn1cnnc1N/N=C\c1ccc(-c2ccc(Cl)c(C(=O)[O-])c2)o1. The van der Waals surface area contributed by atoms with Crippen LogP contribution in [0, 0.1) is 0 Å². The van der Waals surface area contributed by atoms with Crippen LogP contribution in [0.2, 0.25) is 5.02 Å². The number of nitrogens with one attached hydrogen (secondary N) is 1. The third-order valence-corrected chi connectivity index (χ3v) is 3.36. The Balaban J connectivity index is 1.77. The number of nitrogen functional groups attached to an aromatic ring is 1. The zero-order valence-electron chi connectivity index (χ0n) is 12.0. The molecule has 0 bridgehead atoms. The molecular weight excluding hydrogens is 336 g/mol. The number of carboxylic acid groups (broad SMARTS) is 1. The van der Waals surface area contributed by atoms with E-state index in [1.54, 1.807) is 18.2 Å². The average molecular weight is 346 g/mol. The van der Waals surface area contributed by atoms with Crippen LogP contribution in [0.25, 0.3) is 11.3 Å². The van der Waals surface area contributed by atoms with E-state index in [0.29, 0.717) is 17.1 Å². The van der Waals surface area contributed by atoms with Gasteiger partial charge in [-0.2, -0.15) is 5.10 Å². The second kappa shape index (κ2) is 6.42. The van der Waals surface area contributed by atoms with Crippen LogP contribution in [0.5, 0.6) is 0 Å². The molecule has 3 N–H and O–H groups in total. The number of carbonyl (C=O) groups is 1. The smallest absolute Gasteiger partial charge is 0.263 e. The molecule has 0 amide bonds. The fourth-order valence-electron chi connectivity index (χ4n) is 1.89. The quantitative estimate of drug-likeness (QED) is 0.395.